The van der Waals surface area contributed by atoms with E-state index >= 15 is 0 Å². The minimum Gasteiger partial charge on any atom is -0.406 e. The number of rotatable bonds is 6. The second-order valence-corrected chi connectivity index (χ2v) is 9.54. The minimum atomic E-state index is -4.80. The minimum absolute atomic E-state index is 0.142. The van der Waals surface area contributed by atoms with Gasteiger partial charge >= 0.3 is 6.36 Å². The van der Waals surface area contributed by atoms with Gasteiger partial charge in [-0.2, -0.15) is 0 Å². The highest BCUT2D eigenvalue weighted by atomic mass is 32.2. The van der Waals surface area contributed by atoms with Gasteiger partial charge in [0.15, 0.2) is 9.84 Å². The van der Waals surface area contributed by atoms with E-state index in [0.717, 1.165) is 24.5 Å². The summed E-state index contributed by atoms with van der Waals surface area (Å²) in [4.78, 5) is 0.931. The number of anilines is 1. The quantitative estimate of drug-likeness (QED) is 0.742. The van der Waals surface area contributed by atoms with Crippen LogP contribution in [0.25, 0.3) is 0 Å². The molecule has 0 atom stereocenters. The monoisotopic (exact) mass is 438 g/mol. The number of sulfone groups is 1. The molecule has 0 aliphatic heterocycles. The van der Waals surface area contributed by atoms with Gasteiger partial charge in [-0.15, -0.1) is 13.2 Å². The van der Waals surface area contributed by atoms with Crippen molar-refractivity contribution in [3.05, 3.63) is 48.0 Å². The fraction of sp³-hybridized carbons (Fsp3) is 0.250. The third kappa shape index (κ3) is 5.84. The molecule has 0 saturated carbocycles. The lowest BCUT2D eigenvalue weighted by Gasteiger charge is -2.22. The predicted octanol–water partition coefficient (Wildman–Crippen LogP) is 2.27. The van der Waals surface area contributed by atoms with Gasteiger partial charge < -0.3 is 9.64 Å². The number of hydrogen-bond acceptors (Lipinski definition) is 6. The van der Waals surface area contributed by atoms with Gasteiger partial charge in [-0.05, 0) is 35.9 Å². The molecule has 28 heavy (non-hydrogen) atoms. The zero-order valence-electron chi connectivity index (χ0n) is 14.8. The molecule has 0 radical (unpaired) electrons. The molecule has 0 fully saturated rings. The van der Waals surface area contributed by atoms with Crippen LogP contribution in [0, 0.1) is 0 Å². The fourth-order valence-electron chi connectivity index (χ4n) is 2.44. The van der Waals surface area contributed by atoms with Crippen LogP contribution in [-0.2, 0) is 26.4 Å². The number of sulfonamides is 1. The van der Waals surface area contributed by atoms with Crippen molar-refractivity contribution in [2.24, 2.45) is 5.14 Å². The molecule has 2 N–H and O–H groups in total. The Morgan fingerprint density at radius 2 is 1.61 bits per heavy atom. The van der Waals surface area contributed by atoms with E-state index in [2.05, 4.69) is 4.74 Å². The van der Waals surface area contributed by atoms with Gasteiger partial charge in [-0.25, -0.2) is 22.0 Å². The van der Waals surface area contributed by atoms with Crippen molar-refractivity contribution in [3.8, 4) is 5.75 Å². The SMILES string of the molecule is CN(Cc1ccc(OC(F)(F)F)cc1)c1ccc(S(N)(=O)=O)cc1S(C)(=O)=O. The van der Waals surface area contributed by atoms with Crippen molar-refractivity contribution >= 4 is 25.5 Å². The molecule has 154 valence electrons. The van der Waals surface area contributed by atoms with E-state index in [9.17, 15) is 30.0 Å². The summed E-state index contributed by atoms with van der Waals surface area (Å²) < 4.78 is 87.6. The lowest BCUT2D eigenvalue weighted by molar-refractivity contribution is -0.274. The van der Waals surface area contributed by atoms with Crippen LogP contribution in [0.5, 0.6) is 5.75 Å². The summed E-state index contributed by atoms with van der Waals surface area (Å²) in [6, 6.07) is 8.52. The van der Waals surface area contributed by atoms with Crippen molar-refractivity contribution in [1.29, 1.82) is 0 Å². The molecule has 2 rings (SSSR count). The summed E-state index contributed by atoms with van der Waals surface area (Å²) in [7, 11) is -6.33. The Kier molecular flexibility index (Phi) is 5.97. The molecule has 0 amide bonds. The van der Waals surface area contributed by atoms with Crippen LogP contribution in [0.15, 0.2) is 52.3 Å². The molecule has 12 heteroatoms. The van der Waals surface area contributed by atoms with Crippen molar-refractivity contribution < 1.29 is 34.7 Å². The molecule has 0 heterocycles. The van der Waals surface area contributed by atoms with Gasteiger partial charge in [0, 0.05) is 19.8 Å². The van der Waals surface area contributed by atoms with Gasteiger partial charge in [0.25, 0.3) is 0 Å². The van der Waals surface area contributed by atoms with Crippen LogP contribution in [0.1, 0.15) is 5.56 Å². The highest BCUT2D eigenvalue weighted by Gasteiger charge is 2.31. The summed E-state index contributed by atoms with van der Waals surface area (Å²) in [5.74, 6) is -0.381. The lowest BCUT2D eigenvalue weighted by atomic mass is 10.2. The number of primary sulfonamides is 1. The molecular weight excluding hydrogens is 421 g/mol. The number of benzene rings is 2. The van der Waals surface area contributed by atoms with Crippen LogP contribution in [-0.4, -0.2) is 36.5 Å². The summed E-state index contributed by atoms with van der Waals surface area (Å²) in [5.41, 5.74) is 0.789. The highest BCUT2D eigenvalue weighted by Crippen LogP contribution is 2.29. The van der Waals surface area contributed by atoms with E-state index in [1.807, 2.05) is 0 Å². The van der Waals surface area contributed by atoms with Crippen LogP contribution in [0.3, 0.4) is 0 Å². The zero-order valence-corrected chi connectivity index (χ0v) is 16.4. The van der Waals surface area contributed by atoms with Crippen molar-refractivity contribution in [3.63, 3.8) is 0 Å². The Balaban J connectivity index is 2.32. The Morgan fingerprint density at radius 1 is 1.04 bits per heavy atom. The molecule has 7 nitrogen and oxygen atoms in total. The molecule has 0 aromatic heterocycles. The van der Waals surface area contributed by atoms with E-state index < -0.39 is 26.2 Å². The van der Waals surface area contributed by atoms with Gasteiger partial charge in [-0.1, -0.05) is 12.1 Å². The van der Waals surface area contributed by atoms with Gasteiger partial charge in [0.05, 0.1) is 15.5 Å². The summed E-state index contributed by atoms with van der Waals surface area (Å²) in [6.07, 6.45) is -3.87. The fourth-order valence-corrected chi connectivity index (χ4v) is 4.00. The number of alkyl halides is 3. The number of hydrogen-bond donors (Lipinski definition) is 1. The van der Waals surface area contributed by atoms with Crippen LogP contribution in [0.2, 0.25) is 0 Å². The molecule has 2 aromatic carbocycles. The number of halogens is 3. The number of nitrogens with zero attached hydrogens (tertiary/aromatic N) is 1. The van der Waals surface area contributed by atoms with E-state index in [1.165, 1.54) is 29.2 Å². The van der Waals surface area contributed by atoms with E-state index in [0.29, 0.717) is 5.56 Å². The first kappa shape index (κ1) is 22.0. The molecule has 0 saturated heterocycles. The Hall–Kier alpha value is -2.31. The second kappa shape index (κ2) is 7.60. The van der Waals surface area contributed by atoms with Gasteiger partial charge in [0.1, 0.15) is 5.75 Å². The number of nitrogens with two attached hydrogens (primary N) is 1. The van der Waals surface area contributed by atoms with Crippen LogP contribution >= 0.6 is 0 Å². The summed E-state index contributed by atoms with van der Waals surface area (Å²) in [6.45, 7) is 0.142. The Labute approximate surface area is 160 Å². The van der Waals surface area contributed by atoms with E-state index in [4.69, 9.17) is 5.14 Å². The maximum atomic E-state index is 12.2. The molecule has 0 aliphatic carbocycles. The van der Waals surface area contributed by atoms with E-state index in [1.54, 1.807) is 7.05 Å². The first-order valence-electron chi connectivity index (χ1n) is 7.59. The van der Waals surface area contributed by atoms with Gasteiger partial charge in [0.2, 0.25) is 10.0 Å². The third-order valence-electron chi connectivity index (χ3n) is 3.65. The summed E-state index contributed by atoms with van der Waals surface area (Å²) >= 11 is 0. The predicted molar refractivity (Wildman–Crippen MR) is 96.2 cm³/mol. The lowest BCUT2D eigenvalue weighted by Crippen LogP contribution is -2.20. The molecule has 2 aromatic rings. The molecule has 0 spiro atoms. The average Bonchev–Trinajstić information content (AvgIpc) is 2.53. The first-order valence-corrected chi connectivity index (χ1v) is 11.0. The second-order valence-electron chi connectivity index (χ2n) is 5.99. The maximum Gasteiger partial charge on any atom is 0.573 e. The smallest absolute Gasteiger partial charge is 0.406 e. The van der Waals surface area contributed by atoms with Crippen LogP contribution in [0.4, 0.5) is 18.9 Å². The van der Waals surface area contributed by atoms with E-state index in [-0.39, 0.29) is 27.8 Å². The maximum absolute atomic E-state index is 12.2. The third-order valence-corrected chi connectivity index (χ3v) is 5.68. The Bertz CT molecular complexity index is 1070. The topological polar surface area (TPSA) is 107 Å². The van der Waals surface area contributed by atoms with Crippen molar-refractivity contribution in [2.45, 2.75) is 22.7 Å². The van der Waals surface area contributed by atoms with Crippen molar-refractivity contribution in [2.75, 3.05) is 18.2 Å². The molecule has 0 unspecified atom stereocenters. The van der Waals surface area contributed by atoms with Crippen molar-refractivity contribution in [1.82, 2.24) is 0 Å². The number of ether oxygens (including phenoxy) is 1. The Morgan fingerprint density at radius 3 is 2.07 bits per heavy atom. The zero-order chi connectivity index (χ0) is 21.3. The van der Waals surface area contributed by atoms with Gasteiger partial charge in [-0.3, -0.25) is 0 Å². The van der Waals surface area contributed by atoms with Crippen LogP contribution < -0.4 is 14.8 Å². The first-order chi connectivity index (χ1) is 12.7. The standard InChI is InChI=1S/C16H17F3N2O5S2/c1-21(10-11-3-5-12(6-4-11)26-16(17,18)19)14-8-7-13(28(20,24)25)9-15(14)27(2,22)23/h3-9H,10H2,1-2H3,(H2,20,24,25). The largest absolute Gasteiger partial charge is 0.573 e. The highest BCUT2D eigenvalue weighted by molar-refractivity contribution is 7.91. The molecular formula is C16H17F3N2O5S2. The summed E-state index contributed by atoms with van der Waals surface area (Å²) in [5, 5.41) is 5.05. The normalized spacial score (nSPS) is 12.6. The average molecular weight is 438 g/mol. The molecule has 0 aliphatic rings. The molecule has 0 bridgehead atoms.